The maximum atomic E-state index is 14.8. The number of fused-ring (bicyclic) bond motifs is 4. The number of carbonyl (C=O) groups is 1. The van der Waals surface area contributed by atoms with Gasteiger partial charge in [0, 0.05) is 18.7 Å². The van der Waals surface area contributed by atoms with Crippen molar-refractivity contribution >= 4 is 5.97 Å². The van der Waals surface area contributed by atoms with Gasteiger partial charge in [-0.3, -0.25) is 4.79 Å². The van der Waals surface area contributed by atoms with Crippen LogP contribution in [-0.2, 0) is 16.0 Å². The number of hydrogen-bond acceptors (Lipinski definition) is 4. The third-order valence-corrected chi connectivity index (χ3v) is 6.49. The zero-order valence-corrected chi connectivity index (χ0v) is 17.8. The van der Waals surface area contributed by atoms with Gasteiger partial charge in [0.2, 0.25) is 0 Å². The lowest BCUT2D eigenvalue weighted by Gasteiger charge is -2.39. The van der Waals surface area contributed by atoms with Crippen LogP contribution in [0, 0.1) is 11.7 Å². The Balaban J connectivity index is 1.57. The van der Waals surface area contributed by atoms with E-state index in [2.05, 4.69) is 6.92 Å². The van der Waals surface area contributed by atoms with Gasteiger partial charge in [-0.25, -0.2) is 4.39 Å². The van der Waals surface area contributed by atoms with E-state index in [-0.39, 0.29) is 30.2 Å². The Morgan fingerprint density at radius 1 is 1.14 bits per heavy atom. The van der Waals surface area contributed by atoms with Crippen molar-refractivity contribution in [3.8, 4) is 5.75 Å². The molecule has 3 atom stereocenters. The molecule has 2 N–H and O–H groups in total. The Hall–Kier alpha value is -1.46. The van der Waals surface area contributed by atoms with Crippen molar-refractivity contribution in [1.29, 1.82) is 0 Å². The smallest absolute Gasteiger partial charge is 0.313 e. The number of esters is 1. The van der Waals surface area contributed by atoms with Crippen LogP contribution in [0.2, 0.25) is 0 Å². The van der Waals surface area contributed by atoms with Gasteiger partial charge in [-0.15, -0.1) is 0 Å². The molecule has 0 aliphatic heterocycles. The first kappa shape index (κ1) is 22.2. The summed E-state index contributed by atoms with van der Waals surface area (Å²) in [6.45, 7) is 3.18. The first-order valence-electron chi connectivity index (χ1n) is 11.5. The zero-order valence-electron chi connectivity index (χ0n) is 17.8. The molecule has 0 aromatic heterocycles. The minimum Gasteiger partial charge on any atom is -0.426 e. The summed E-state index contributed by atoms with van der Waals surface area (Å²) in [6.07, 6.45) is 11.0. The van der Waals surface area contributed by atoms with Crippen molar-refractivity contribution in [3.63, 3.8) is 0 Å². The lowest BCUT2D eigenvalue weighted by molar-refractivity contribution is -0.135. The van der Waals surface area contributed by atoms with Crippen LogP contribution < -0.4 is 10.5 Å². The molecule has 2 bridgehead atoms. The maximum Gasteiger partial charge on any atom is 0.313 e. The van der Waals surface area contributed by atoms with E-state index in [4.69, 9.17) is 15.2 Å². The quantitative estimate of drug-likeness (QED) is 0.346. The van der Waals surface area contributed by atoms with Gasteiger partial charge in [0.25, 0.3) is 0 Å². The summed E-state index contributed by atoms with van der Waals surface area (Å²) in [5.41, 5.74) is 8.27. The molecule has 4 nitrogen and oxygen atoms in total. The van der Waals surface area contributed by atoms with Gasteiger partial charge in [0.05, 0.1) is 13.0 Å². The van der Waals surface area contributed by atoms with Crippen molar-refractivity contribution < 1.29 is 18.7 Å². The van der Waals surface area contributed by atoms with Crippen LogP contribution in [0.25, 0.3) is 0 Å². The molecular formula is C24H36FNO3. The fourth-order valence-electron chi connectivity index (χ4n) is 4.83. The van der Waals surface area contributed by atoms with Gasteiger partial charge < -0.3 is 15.2 Å². The van der Waals surface area contributed by atoms with Crippen LogP contribution in [0.15, 0.2) is 12.1 Å². The molecule has 2 aliphatic rings. The minimum atomic E-state index is -0.381. The average Bonchev–Trinajstić information content (AvgIpc) is 2.69. The summed E-state index contributed by atoms with van der Waals surface area (Å²) >= 11 is 0. The first-order chi connectivity index (χ1) is 14.1. The molecule has 3 rings (SSSR count). The molecule has 3 unspecified atom stereocenters. The minimum absolute atomic E-state index is 0.0641. The molecule has 0 amide bonds. The average molecular weight is 406 g/mol. The fraction of sp³-hybridized carbons (Fsp3) is 0.708. The van der Waals surface area contributed by atoms with Crippen LogP contribution in [0.1, 0.15) is 88.2 Å². The molecule has 1 aromatic carbocycles. The summed E-state index contributed by atoms with van der Waals surface area (Å²) in [6, 6.07) is 3.28. The zero-order chi connectivity index (χ0) is 20.6. The van der Waals surface area contributed by atoms with Crippen molar-refractivity contribution in [3.05, 3.63) is 29.1 Å². The van der Waals surface area contributed by atoms with Crippen molar-refractivity contribution in [2.45, 2.75) is 89.5 Å². The Kier molecular flexibility index (Phi) is 8.49. The molecule has 1 saturated carbocycles. The van der Waals surface area contributed by atoms with Gasteiger partial charge in [-0.1, -0.05) is 45.4 Å². The molecule has 0 saturated heterocycles. The van der Waals surface area contributed by atoms with E-state index in [1.165, 1.54) is 31.7 Å². The van der Waals surface area contributed by atoms with E-state index in [1.54, 1.807) is 0 Å². The number of carbonyl (C=O) groups excluding carboxylic acids is 1. The van der Waals surface area contributed by atoms with Gasteiger partial charge in [-0.05, 0) is 54.7 Å². The normalized spacial score (nSPS) is 23.8. The predicted octanol–water partition coefficient (Wildman–Crippen LogP) is 5.27. The van der Waals surface area contributed by atoms with Crippen molar-refractivity contribution in [2.24, 2.45) is 11.7 Å². The van der Waals surface area contributed by atoms with Gasteiger partial charge in [0.15, 0.2) is 0 Å². The number of halogens is 1. The van der Waals surface area contributed by atoms with E-state index in [0.717, 1.165) is 43.2 Å². The number of rotatable bonds is 9. The second-order valence-corrected chi connectivity index (χ2v) is 8.66. The highest BCUT2D eigenvalue weighted by Gasteiger charge is 2.36. The largest absolute Gasteiger partial charge is 0.426 e. The Labute approximate surface area is 174 Å². The predicted molar refractivity (Wildman–Crippen MR) is 113 cm³/mol. The molecule has 0 heterocycles. The van der Waals surface area contributed by atoms with Crippen LogP contribution in [0.3, 0.4) is 0 Å². The number of benzene rings is 1. The molecule has 2 aliphatic carbocycles. The van der Waals surface area contributed by atoms with Crippen LogP contribution in [0.5, 0.6) is 5.75 Å². The molecule has 1 fully saturated rings. The summed E-state index contributed by atoms with van der Waals surface area (Å²) in [4.78, 5) is 12.2. The summed E-state index contributed by atoms with van der Waals surface area (Å²) in [7, 11) is 0. The molecular weight excluding hydrogens is 369 g/mol. The third kappa shape index (κ3) is 6.02. The Bertz CT molecular complexity index is 678. The van der Waals surface area contributed by atoms with Gasteiger partial charge in [0.1, 0.15) is 11.6 Å². The summed E-state index contributed by atoms with van der Waals surface area (Å²) in [5.74, 6) is 0.157. The molecule has 5 heteroatoms. The molecule has 0 radical (unpaired) electrons. The SMILES string of the molecule is CCCCCCOCCC(=O)Oc1cc(F)c2c(c1)C1CCCCCC(C2)C1N. The molecule has 0 spiro atoms. The molecule has 162 valence electrons. The molecule has 29 heavy (non-hydrogen) atoms. The first-order valence-corrected chi connectivity index (χ1v) is 11.5. The Morgan fingerprint density at radius 3 is 2.79 bits per heavy atom. The monoisotopic (exact) mass is 405 g/mol. The second kappa shape index (κ2) is 11.1. The standard InChI is InChI=1S/C24H36FNO3/c1-2-3-4-8-12-28-13-11-23(27)29-18-15-20-19-10-7-5-6-9-17(24(19)26)14-21(20)22(25)16-18/h15-17,19,24H,2-14,26H2,1H3. The van der Waals surface area contributed by atoms with E-state index in [0.29, 0.717) is 31.3 Å². The van der Waals surface area contributed by atoms with Gasteiger partial charge in [-0.2, -0.15) is 0 Å². The highest BCUT2D eigenvalue weighted by Crippen LogP contribution is 2.43. The van der Waals surface area contributed by atoms with Crippen LogP contribution in [-0.4, -0.2) is 25.2 Å². The lowest BCUT2D eigenvalue weighted by atomic mass is 9.68. The lowest BCUT2D eigenvalue weighted by Crippen LogP contribution is -2.42. The molecule has 1 aromatic rings. The number of unbranched alkanes of at least 4 members (excludes halogenated alkanes) is 3. The van der Waals surface area contributed by atoms with E-state index in [9.17, 15) is 9.18 Å². The third-order valence-electron chi connectivity index (χ3n) is 6.49. The fourth-order valence-corrected chi connectivity index (χ4v) is 4.83. The summed E-state index contributed by atoms with van der Waals surface area (Å²) < 4.78 is 25.8. The van der Waals surface area contributed by atoms with Crippen LogP contribution in [0.4, 0.5) is 4.39 Å². The van der Waals surface area contributed by atoms with Crippen molar-refractivity contribution in [2.75, 3.05) is 13.2 Å². The number of nitrogens with two attached hydrogens (primary N) is 1. The van der Waals surface area contributed by atoms with Gasteiger partial charge >= 0.3 is 5.97 Å². The highest BCUT2D eigenvalue weighted by molar-refractivity contribution is 5.72. The summed E-state index contributed by atoms with van der Waals surface area (Å²) in [5, 5.41) is 0. The maximum absolute atomic E-state index is 14.8. The number of ether oxygens (including phenoxy) is 2. The van der Waals surface area contributed by atoms with E-state index >= 15 is 0 Å². The highest BCUT2D eigenvalue weighted by atomic mass is 19.1. The number of hydrogen-bond donors (Lipinski definition) is 1. The van der Waals surface area contributed by atoms with Crippen molar-refractivity contribution in [1.82, 2.24) is 0 Å². The van der Waals surface area contributed by atoms with Crippen LogP contribution >= 0.6 is 0 Å². The van der Waals surface area contributed by atoms with E-state index in [1.807, 2.05) is 6.07 Å². The second-order valence-electron chi connectivity index (χ2n) is 8.66. The van der Waals surface area contributed by atoms with E-state index < -0.39 is 0 Å². The Morgan fingerprint density at radius 2 is 1.97 bits per heavy atom. The topological polar surface area (TPSA) is 61.5 Å².